The molecule has 2 N–H and O–H groups in total. The fourth-order valence-electron chi connectivity index (χ4n) is 2.73. The summed E-state index contributed by atoms with van der Waals surface area (Å²) in [6.07, 6.45) is 20.3. The number of amides is 1. The van der Waals surface area contributed by atoms with Gasteiger partial charge in [0.2, 0.25) is 0 Å². The van der Waals surface area contributed by atoms with Crippen molar-refractivity contribution >= 4 is 5.91 Å². The molecule has 0 aliphatic rings. The Morgan fingerprint density at radius 3 is 1.33 bits per heavy atom. The third-order valence-electron chi connectivity index (χ3n) is 4.16. The molecule has 0 aromatic carbocycles. The summed E-state index contributed by atoms with van der Waals surface area (Å²) in [4.78, 5) is 10.8. The number of quaternary nitrogens is 1. The van der Waals surface area contributed by atoms with Gasteiger partial charge in [0.15, 0.2) is 0 Å². The van der Waals surface area contributed by atoms with Crippen molar-refractivity contribution in [1.29, 1.82) is 0 Å². The molecule has 0 unspecified atom stereocenters. The quantitative estimate of drug-likeness (QED) is 0.327. The molecular weight excluding hydrogens is 262 g/mol. The third-order valence-corrected chi connectivity index (χ3v) is 4.16. The first kappa shape index (κ1) is 20.6. The summed E-state index contributed by atoms with van der Waals surface area (Å²) >= 11 is 0. The van der Waals surface area contributed by atoms with Gasteiger partial charge < -0.3 is 10.7 Å². The highest BCUT2D eigenvalue weighted by Gasteiger charge is 1.99. The highest BCUT2D eigenvalue weighted by atomic mass is 16.5. The maximum absolute atomic E-state index is 10.8. The van der Waals surface area contributed by atoms with Crippen LogP contribution in [0.5, 0.6) is 0 Å². The predicted molar refractivity (Wildman–Crippen MR) is 89.8 cm³/mol. The summed E-state index contributed by atoms with van der Waals surface area (Å²) in [5.74, 6) is -0.246. The van der Waals surface area contributed by atoms with Crippen molar-refractivity contribution in [1.82, 2.24) is 0 Å². The van der Waals surface area contributed by atoms with Crippen LogP contribution < -0.4 is 5.48 Å². The zero-order valence-corrected chi connectivity index (χ0v) is 14.2. The van der Waals surface area contributed by atoms with E-state index in [1.165, 1.54) is 83.5 Å². The highest BCUT2D eigenvalue weighted by molar-refractivity contribution is 5.65. The van der Waals surface area contributed by atoms with Crippen molar-refractivity contribution in [2.45, 2.75) is 110 Å². The van der Waals surface area contributed by atoms with Gasteiger partial charge in [0.05, 0.1) is 6.42 Å². The van der Waals surface area contributed by atoms with Crippen LogP contribution in [-0.2, 0) is 4.79 Å². The first-order chi connectivity index (χ1) is 10.3. The maximum atomic E-state index is 10.8. The van der Waals surface area contributed by atoms with Gasteiger partial charge in [-0.05, 0) is 6.42 Å². The lowest BCUT2D eigenvalue weighted by atomic mass is 10.0. The van der Waals surface area contributed by atoms with Crippen LogP contribution in [0.15, 0.2) is 0 Å². The summed E-state index contributed by atoms with van der Waals surface area (Å²) in [6, 6.07) is 0. The second kappa shape index (κ2) is 17.6. The van der Waals surface area contributed by atoms with E-state index in [-0.39, 0.29) is 5.91 Å². The predicted octanol–water partition coefficient (Wildman–Crippen LogP) is 4.84. The minimum atomic E-state index is -0.246. The maximum Gasteiger partial charge on any atom is 0.310 e. The molecule has 0 rings (SSSR count). The van der Waals surface area contributed by atoms with E-state index < -0.39 is 0 Å². The average Bonchev–Trinajstić information content (AvgIpc) is 2.50. The van der Waals surface area contributed by atoms with Crippen LogP contribution in [0.4, 0.5) is 0 Å². The minimum absolute atomic E-state index is 0.246. The second-order valence-corrected chi connectivity index (χ2v) is 6.28. The molecule has 0 aliphatic heterocycles. The fraction of sp³-hybridized carbons (Fsp3) is 0.944. The van der Waals surface area contributed by atoms with E-state index in [9.17, 15) is 10.0 Å². The van der Waals surface area contributed by atoms with Crippen LogP contribution in [0.2, 0.25) is 0 Å². The summed E-state index contributed by atoms with van der Waals surface area (Å²) < 4.78 is 0. The van der Waals surface area contributed by atoms with Crippen LogP contribution in [0, 0.1) is 5.21 Å². The number of rotatable bonds is 16. The second-order valence-electron chi connectivity index (χ2n) is 6.28. The van der Waals surface area contributed by atoms with Gasteiger partial charge in [-0.3, -0.25) is 0 Å². The van der Waals surface area contributed by atoms with E-state index in [4.69, 9.17) is 0 Å². The molecule has 126 valence electrons. The number of carbonyl (C=O) groups is 1. The standard InChI is InChI=1S/C18H37NO2/c1-2-3-4-5-6-7-8-9-10-11-12-13-14-15-16-17-18(20)19-21/h2-17,19H2,1H3. The molecule has 0 aliphatic carbocycles. The molecule has 0 aromatic rings. The topological polar surface area (TPSA) is 56.7 Å². The number of hydrogen-bond acceptors (Lipinski definition) is 2. The van der Waals surface area contributed by atoms with Gasteiger partial charge in [0.1, 0.15) is 0 Å². The third kappa shape index (κ3) is 17.5. The van der Waals surface area contributed by atoms with Crippen LogP contribution in [0.3, 0.4) is 0 Å². The van der Waals surface area contributed by atoms with Crippen LogP contribution >= 0.6 is 0 Å². The molecule has 0 atom stereocenters. The summed E-state index contributed by atoms with van der Waals surface area (Å²) in [6.45, 7) is 2.27. The van der Waals surface area contributed by atoms with Crippen LogP contribution in [0.1, 0.15) is 110 Å². The Morgan fingerprint density at radius 2 is 1.00 bits per heavy atom. The molecule has 0 aromatic heterocycles. The van der Waals surface area contributed by atoms with Crippen molar-refractivity contribution in [2.24, 2.45) is 0 Å². The zero-order valence-electron chi connectivity index (χ0n) is 14.2. The molecule has 0 fully saturated rings. The van der Waals surface area contributed by atoms with E-state index in [0.717, 1.165) is 12.8 Å². The number of nitrogens with two attached hydrogens (primary N) is 1. The Kier molecular flexibility index (Phi) is 17.3. The summed E-state index contributed by atoms with van der Waals surface area (Å²) in [5, 5.41) is 10.1. The largest absolute Gasteiger partial charge is 0.628 e. The molecule has 21 heavy (non-hydrogen) atoms. The van der Waals surface area contributed by atoms with Gasteiger partial charge in [-0.15, -0.1) is 0 Å². The molecule has 0 saturated heterocycles. The first-order valence-corrected chi connectivity index (χ1v) is 9.29. The van der Waals surface area contributed by atoms with Gasteiger partial charge in [-0.25, -0.2) is 4.79 Å². The molecule has 3 heteroatoms. The van der Waals surface area contributed by atoms with Gasteiger partial charge in [-0.1, -0.05) is 96.8 Å². The van der Waals surface area contributed by atoms with Crippen LogP contribution in [-0.4, -0.2) is 5.91 Å². The number of hydrogen-bond donors (Lipinski definition) is 1. The van der Waals surface area contributed by atoms with Crippen molar-refractivity contribution in [3.8, 4) is 0 Å². The smallest absolute Gasteiger partial charge is 0.310 e. The SMILES string of the molecule is CCCCCCCCCCCCCCCCCC(=O)[NH2+][O-]. The van der Waals surface area contributed by atoms with Gasteiger partial charge in [0.25, 0.3) is 0 Å². The molecule has 1 amide bonds. The first-order valence-electron chi connectivity index (χ1n) is 9.29. The molecule has 3 nitrogen and oxygen atoms in total. The number of primary amides is 1. The Balaban J connectivity index is 2.98. The van der Waals surface area contributed by atoms with Gasteiger partial charge in [-0.2, -0.15) is 0 Å². The van der Waals surface area contributed by atoms with Crippen molar-refractivity contribution in [3.63, 3.8) is 0 Å². The fourth-order valence-corrected chi connectivity index (χ4v) is 2.73. The Bertz CT molecular complexity index is 219. The Labute approximate surface area is 131 Å². The van der Waals surface area contributed by atoms with E-state index in [1.807, 2.05) is 0 Å². The zero-order chi connectivity index (χ0) is 15.6. The average molecular weight is 299 g/mol. The van der Waals surface area contributed by atoms with Crippen LogP contribution in [0.25, 0.3) is 0 Å². The molecule has 0 spiro atoms. The van der Waals surface area contributed by atoms with E-state index >= 15 is 0 Å². The number of carbonyl (C=O) groups excluding carboxylic acids is 1. The Morgan fingerprint density at radius 1 is 0.667 bits per heavy atom. The highest BCUT2D eigenvalue weighted by Crippen LogP contribution is 2.13. The lowest BCUT2D eigenvalue weighted by Gasteiger charge is -2.03. The minimum Gasteiger partial charge on any atom is -0.628 e. The molecule has 0 radical (unpaired) electrons. The number of hydroxylamine groups is 1. The van der Waals surface area contributed by atoms with E-state index in [0.29, 0.717) is 11.9 Å². The Hall–Kier alpha value is -0.410. The van der Waals surface area contributed by atoms with Crippen molar-refractivity contribution in [2.75, 3.05) is 0 Å². The summed E-state index contributed by atoms with van der Waals surface area (Å²) in [7, 11) is 0. The lowest BCUT2D eigenvalue weighted by Crippen LogP contribution is -2.81. The van der Waals surface area contributed by atoms with Gasteiger partial charge >= 0.3 is 5.91 Å². The lowest BCUT2D eigenvalue weighted by molar-refractivity contribution is -0.500. The van der Waals surface area contributed by atoms with Crippen molar-refractivity contribution < 1.29 is 10.3 Å². The van der Waals surface area contributed by atoms with Gasteiger partial charge in [0, 0.05) is 0 Å². The molecule has 0 heterocycles. The molecular formula is C18H37NO2. The van der Waals surface area contributed by atoms with Crippen molar-refractivity contribution in [3.05, 3.63) is 5.21 Å². The summed E-state index contributed by atoms with van der Waals surface area (Å²) in [5.41, 5.74) is 0.448. The normalized spacial score (nSPS) is 11.0. The van der Waals surface area contributed by atoms with E-state index in [2.05, 4.69) is 6.92 Å². The molecule has 0 bridgehead atoms. The monoisotopic (exact) mass is 299 g/mol. The number of unbranched alkanes of at least 4 members (excludes halogenated alkanes) is 14. The molecule has 0 saturated carbocycles. The van der Waals surface area contributed by atoms with E-state index in [1.54, 1.807) is 0 Å².